The van der Waals surface area contributed by atoms with E-state index < -0.39 is 6.17 Å². The molecule has 0 saturated heterocycles. The highest BCUT2D eigenvalue weighted by Gasteiger charge is 2.46. The normalized spacial score (nSPS) is 56.7. The van der Waals surface area contributed by atoms with Gasteiger partial charge in [-0.25, -0.2) is 4.39 Å². The maximum atomic E-state index is 12.9. The fourth-order valence-electron chi connectivity index (χ4n) is 2.30. The molecule has 2 N–H and O–H groups in total. The highest BCUT2D eigenvalue weighted by molar-refractivity contribution is 4.99. The van der Waals surface area contributed by atoms with Crippen molar-refractivity contribution in [1.29, 1.82) is 0 Å². The van der Waals surface area contributed by atoms with Crippen LogP contribution in [-0.2, 0) is 0 Å². The molecule has 2 fully saturated rings. The van der Waals surface area contributed by atoms with E-state index in [2.05, 4.69) is 0 Å². The molecule has 2 saturated carbocycles. The van der Waals surface area contributed by atoms with E-state index in [1.54, 1.807) is 0 Å². The molecule has 0 heterocycles. The minimum absolute atomic E-state index is 0.179. The summed E-state index contributed by atoms with van der Waals surface area (Å²) in [7, 11) is 0. The Kier molecular flexibility index (Phi) is 1.06. The molecule has 52 valence electrons. The number of nitrogens with two attached hydrogens (primary N) is 1. The number of hydrogen-bond donors (Lipinski definition) is 1. The summed E-state index contributed by atoms with van der Waals surface area (Å²) in [4.78, 5) is 0. The van der Waals surface area contributed by atoms with Gasteiger partial charge in [0.25, 0.3) is 0 Å². The zero-order valence-corrected chi connectivity index (χ0v) is 5.39. The summed E-state index contributed by atoms with van der Waals surface area (Å²) in [5.74, 6) is 0.542. The minimum atomic E-state index is -0.556. The van der Waals surface area contributed by atoms with E-state index in [4.69, 9.17) is 5.73 Å². The molecule has 2 aliphatic rings. The van der Waals surface area contributed by atoms with Gasteiger partial charge in [-0.05, 0) is 25.2 Å². The average Bonchev–Trinajstić information content (AvgIpc) is 2.25. The van der Waals surface area contributed by atoms with E-state index in [0.717, 1.165) is 19.3 Å². The van der Waals surface area contributed by atoms with Crippen molar-refractivity contribution in [1.82, 2.24) is 0 Å². The summed E-state index contributed by atoms with van der Waals surface area (Å²) in [5.41, 5.74) is 5.67. The lowest BCUT2D eigenvalue weighted by molar-refractivity contribution is 0.258. The van der Waals surface area contributed by atoms with Crippen molar-refractivity contribution in [3.05, 3.63) is 0 Å². The smallest absolute Gasteiger partial charge is 0.107 e. The number of rotatable bonds is 0. The van der Waals surface area contributed by atoms with Gasteiger partial charge in [-0.15, -0.1) is 0 Å². The third kappa shape index (κ3) is 0.627. The molecule has 2 heteroatoms. The van der Waals surface area contributed by atoms with Gasteiger partial charge < -0.3 is 5.73 Å². The zero-order chi connectivity index (χ0) is 6.43. The lowest BCUT2D eigenvalue weighted by Gasteiger charge is -2.14. The molecule has 0 aromatic rings. The predicted octanol–water partition coefficient (Wildman–Crippen LogP) is 1.08. The van der Waals surface area contributed by atoms with E-state index in [1.165, 1.54) is 0 Å². The molecule has 9 heavy (non-hydrogen) atoms. The van der Waals surface area contributed by atoms with Crippen LogP contribution in [0.1, 0.15) is 19.3 Å². The van der Waals surface area contributed by atoms with Gasteiger partial charge in [0, 0.05) is 12.0 Å². The predicted molar refractivity (Wildman–Crippen MR) is 33.7 cm³/mol. The molecule has 0 spiro atoms. The summed E-state index contributed by atoms with van der Waals surface area (Å²) in [6.45, 7) is 0. The molecule has 0 aliphatic heterocycles. The van der Waals surface area contributed by atoms with Crippen LogP contribution in [0.15, 0.2) is 0 Å². The van der Waals surface area contributed by atoms with Crippen molar-refractivity contribution < 1.29 is 4.39 Å². The van der Waals surface area contributed by atoms with E-state index in [9.17, 15) is 4.39 Å². The number of fused-ring (bicyclic) bond motifs is 2. The van der Waals surface area contributed by atoms with Gasteiger partial charge >= 0.3 is 0 Å². The second kappa shape index (κ2) is 1.69. The quantitative estimate of drug-likeness (QED) is 0.520. The Bertz CT molecular complexity index is 126. The Morgan fingerprint density at radius 1 is 1.33 bits per heavy atom. The molecule has 0 unspecified atom stereocenters. The number of alkyl halides is 1. The first kappa shape index (κ1) is 5.66. The van der Waals surface area contributed by atoms with Crippen molar-refractivity contribution in [2.75, 3.05) is 0 Å². The summed E-state index contributed by atoms with van der Waals surface area (Å²) >= 11 is 0. The van der Waals surface area contributed by atoms with Crippen molar-refractivity contribution in [2.45, 2.75) is 31.5 Å². The molecule has 2 bridgehead atoms. The Hall–Kier alpha value is -0.110. The second-order valence-corrected chi connectivity index (χ2v) is 3.35. The first-order valence-electron chi connectivity index (χ1n) is 3.68. The Labute approximate surface area is 54.4 Å². The van der Waals surface area contributed by atoms with Crippen LogP contribution in [0.2, 0.25) is 0 Å². The molecule has 1 nitrogen and oxygen atoms in total. The van der Waals surface area contributed by atoms with E-state index in [-0.39, 0.29) is 12.0 Å². The molecular weight excluding hydrogens is 117 g/mol. The Morgan fingerprint density at radius 2 is 2.11 bits per heavy atom. The van der Waals surface area contributed by atoms with Gasteiger partial charge in [-0.2, -0.15) is 0 Å². The van der Waals surface area contributed by atoms with Gasteiger partial charge in [-0.1, -0.05) is 0 Å². The van der Waals surface area contributed by atoms with E-state index in [1.807, 2.05) is 0 Å². The fraction of sp³-hybridized carbons (Fsp3) is 1.00. The standard InChI is InChI=1S/C7H12FN/c8-7-4-1-2-5(7)6(9)3-4/h4-7H,1-3,9H2/t4-,5+,6-,7+/m1/s1. The second-order valence-electron chi connectivity index (χ2n) is 3.35. The van der Waals surface area contributed by atoms with Crippen LogP contribution in [0.5, 0.6) is 0 Å². The van der Waals surface area contributed by atoms with Gasteiger partial charge in [0.1, 0.15) is 6.17 Å². The van der Waals surface area contributed by atoms with Crippen molar-refractivity contribution in [3.8, 4) is 0 Å². The van der Waals surface area contributed by atoms with Crippen LogP contribution in [-0.4, -0.2) is 12.2 Å². The average molecular weight is 129 g/mol. The number of hydrogen-bond acceptors (Lipinski definition) is 1. The summed E-state index contributed by atoms with van der Waals surface area (Å²) in [6, 6.07) is 0.179. The maximum Gasteiger partial charge on any atom is 0.107 e. The zero-order valence-electron chi connectivity index (χ0n) is 5.39. The van der Waals surface area contributed by atoms with Crippen molar-refractivity contribution >= 4 is 0 Å². The van der Waals surface area contributed by atoms with Crippen LogP contribution in [0, 0.1) is 11.8 Å². The summed E-state index contributed by atoms with van der Waals surface area (Å²) < 4.78 is 12.9. The Balaban J connectivity index is 2.16. The molecule has 0 aromatic carbocycles. The van der Waals surface area contributed by atoms with Gasteiger partial charge in [0.15, 0.2) is 0 Å². The Morgan fingerprint density at radius 3 is 2.33 bits per heavy atom. The molecule has 2 rings (SSSR count). The first-order chi connectivity index (χ1) is 4.29. The minimum Gasteiger partial charge on any atom is -0.327 e. The van der Waals surface area contributed by atoms with Gasteiger partial charge in [0.2, 0.25) is 0 Å². The molecule has 4 atom stereocenters. The molecule has 0 radical (unpaired) electrons. The topological polar surface area (TPSA) is 26.0 Å². The molecular formula is C7H12FN. The number of halogens is 1. The van der Waals surface area contributed by atoms with Crippen molar-refractivity contribution in [2.24, 2.45) is 17.6 Å². The van der Waals surface area contributed by atoms with Crippen LogP contribution in [0.3, 0.4) is 0 Å². The van der Waals surface area contributed by atoms with Crippen LogP contribution in [0.25, 0.3) is 0 Å². The van der Waals surface area contributed by atoms with Crippen LogP contribution < -0.4 is 5.73 Å². The summed E-state index contributed by atoms with van der Waals surface area (Å²) in [6.07, 6.45) is 2.50. The van der Waals surface area contributed by atoms with Crippen molar-refractivity contribution in [3.63, 3.8) is 0 Å². The lowest BCUT2D eigenvalue weighted by Crippen LogP contribution is -2.27. The van der Waals surface area contributed by atoms with Crippen LogP contribution in [0.4, 0.5) is 4.39 Å². The van der Waals surface area contributed by atoms with E-state index >= 15 is 0 Å². The monoisotopic (exact) mass is 129 g/mol. The highest BCUT2D eigenvalue weighted by atomic mass is 19.1. The molecule has 0 aromatic heterocycles. The third-order valence-electron chi connectivity index (χ3n) is 2.86. The fourth-order valence-corrected chi connectivity index (χ4v) is 2.30. The largest absolute Gasteiger partial charge is 0.327 e. The first-order valence-corrected chi connectivity index (χ1v) is 3.68. The third-order valence-corrected chi connectivity index (χ3v) is 2.86. The van der Waals surface area contributed by atoms with E-state index in [0.29, 0.717) is 5.92 Å². The molecule has 2 aliphatic carbocycles. The van der Waals surface area contributed by atoms with Gasteiger partial charge in [0.05, 0.1) is 0 Å². The lowest BCUT2D eigenvalue weighted by atomic mass is 9.96. The van der Waals surface area contributed by atoms with Gasteiger partial charge in [-0.3, -0.25) is 0 Å². The summed E-state index contributed by atoms with van der Waals surface area (Å²) in [5, 5.41) is 0. The van der Waals surface area contributed by atoms with Crippen LogP contribution >= 0.6 is 0 Å². The molecule has 0 amide bonds. The highest BCUT2D eigenvalue weighted by Crippen LogP contribution is 2.45. The maximum absolute atomic E-state index is 12.9. The SMILES string of the molecule is N[C@@H]1C[C@H]2CC[C@@H]1[C@H]2F.